The van der Waals surface area contributed by atoms with Crippen LogP contribution in [0.3, 0.4) is 0 Å². The average Bonchev–Trinajstić information content (AvgIpc) is 3.13. The molecule has 0 unspecified atom stereocenters. The zero-order valence-electron chi connectivity index (χ0n) is 16.6. The molecule has 0 radical (unpaired) electrons. The molecule has 4 N–H and O–H groups in total. The van der Waals surface area contributed by atoms with Crippen LogP contribution in [0.1, 0.15) is 19.4 Å². The fourth-order valence-corrected chi connectivity index (χ4v) is 2.91. The van der Waals surface area contributed by atoms with E-state index in [0.717, 1.165) is 28.3 Å². The van der Waals surface area contributed by atoms with Gasteiger partial charge in [-0.25, -0.2) is 4.68 Å². The summed E-state index contributed by atoms with van der Waals surface area (Å²) in [5, 5.41) is 16.8. The van der Waals surface area contributed by atoms with Gasteiger partial charge in [0, 0.05) is 30.4 Å². The number of carboxylic acid groups (broad SMARTS) is 1. The fraction of sp³-hybridized carbons (Fsp3) is 0.273. The van der Waals surface area contributed by atoms with E-state index in [0.29, 0.717) is 6.54 Å². The summed E-state index contributed by atoms with van der Waals surface area (Å²) < 4.78 is 7.54. The lowest BCUT2D eigenvalue weighted by atomic mass is 10.1. The maximum atomic E-state index is 10.9. The first-order valence-electron chi connectivity index (χ1n) is 9.54. The van der Waals surface area contributed by atoms with Gasteiger partial charge in [0.2, 0.25) is 0 Å². The van der Waals surface area contributed by atoms with Gasteiger partial charge >= 0.3 is 5.97 Å². The number of nitrogens with zero attached hydrogens (tertiary/aromatic N) is 2. The SMILES string of the molecule is CC(C)Oc1ccc(-c2nn(-c3ccccc3)cc2CNC[C@H](N)C(=O)O)cc1. The van der Waals surface area contributed by atoms with Crippen molar-refractivity contribution in [2.75, 3.05) is 6.54 Å². The average molecular weight is 394 g/mol. The highest BCUT2D eigenvalue weighted by atomic mass is 16.5. The molecule has 0 aliphatic heterocycles. The number of hydrogen-bond donors (Lipinski definition) is 3. The topological polar surface area (TPSA) is 102 Å². The van der Waals surface area contributed by atoms with Crippen molar-refractivity contribution in [2.24, 2.45) is 5.73 Å². The normalized spacial score (nSPS) is 12.1. The summed E-state index contributed by atoms with van der Waals surface area (Å²) in [5.41, 5.74) is 9.25. The molecule has 7 nitrogen and oxygen atoms in total. The van der Waals surface area contributed by atoms with Gasteiger partial charge in [0.1, 0.15) is 11.8 Å². The van der Waals surface area contributed by atoms with E-state index in [4.69, 9.17) is 20.7 Å². The first kappa shape index (κ1) is 20.6. The summed E-state index contributed by atoms with van der Waals surface area (Å²) >= 11 is 0. The molecule has 3 rings (SSSR count). The number of aromatic nitrogens is 2. The van der Waals surface area contributed by atoms with Crippen LogP contribution in [0.2, 0.25) is 0 Å². The molecule has 0 fully saturated rings. The third kappa shape index (κ3) is 5.43. The van der Waals surface area contributed by atoms with Gasteiger partial charge in [-0.2, -0.15) is 5.10 Å². The Morgan fingerprint density at radius 2 is 1.86 bits per heavy atom. The molecule has 29 heavy (non-hydrogen) atoms. The lowest BCUT2D eigenvalue weighted by molar-refractivity contribution is -0.138. The molecule has 2 aromatic carbocycles. The van der Waals surface area contributed by atoms with Crippen LogP contribution in [0.15, 0.2) is 60.8 Å². The number of para-hydroxylation sites is 1. The van der Waals surface area contributed by atoms with Gasteiger partial charge in [0.15, 0.2) is 0 Å². The molecular formula is C22H26N4O3. The standard InChI is InChI=1S/C22H26N4O3/c1-15(2)29-19-10-8-16(9-11-19)21-17(12-24-13-20(23)22(27)28)14-26(25-21)18-6-4-3-5-7-18/h3-11,14-15,20,24H,12-13,23H2,1-2H3,(H,27,28)/t20-/m0/s1. The van der Waals surface area contributed by atoms with Gasteiger partial charge < -0.3 is 20.9 Å². The number of aliphatic carboxylic acids is 1. The molecule has 152 valence electrons. The minimum atomic E-state index is -1.03. The molecular weight excluding hydrogens is 368 g/mol. The van der Waals surface area contributed by atoms with E-state index in [2.05, 4.69) is 5.32 Å². The molecule has 0 saturated heterocycles. The van der Waals surface area contributed by atoms with Gasteiger partial charge in [0.25, 0.3) is 0 Å². The smallest absolute Gasteiger partial charge is 0.321 e. The second kappa shape index (κ2) is 9.36. The quantitative estimate of drug-likeness (QED) is 0.516. The molecule has 0 aliphatic carbocycles. The van der Waals surface area contributed by atoms with Crippen LogP contribution in [-0.2, 0) is 11.3 Å². The lowest BCUT2D eigenvalue weighted by Gasteiger charge is -2.10. The number of nitrogens with two attached hydrogens (primary N) is 1. The van der Waals surface area contributed by atoms with Crippen LogP contribution in [0.5, 0.6) is 5.75 Å². The Balaban J connectivity index is 1.87. The minimum Gasteiger partial charge on any atom is -0.491 e. The maximum absolute atomic E-state index is 10.9. The van der Waals surface area contributed by atoms with E-state index in [9.17, 15) is 4.79 Å². The molecule has 1 heterocycles. The summed E-state index contributed by atoms with van der Waals surface area (Å²) in [4.78, 5) is 10.9. The van der Waals surface area contributed by atoms with Crippen molar-refractivity contribution in [3.05, 3.63) is 66.4 Å². The zero-order chi connectivity index (χ0) is 20.8. The van der Waals surface area contributed by atoms with Crippen molar-refractivity contribution >= 4 is 5.97 Å². The van der Waals surface area contributed by atoms with Crippen LogP contribution < -0.4 is 15.8 Å². The van der Waals surface area contributed by atoms with Crippen LogP contribution in [0, 0.1) is 0 Å². The number of hydrogen-bond acceptors (Lipinski definition) is 5. The fourth-order valence-electron chi connectivity index (χ4n) is 2.91. The van der Waals surface area contributed by atoms with Gasteiger partial charge in [-0.05, 0) is 50.2 Å². The number of nitrogens with one attached hydrogen (secondary N) is 1. The third-order valence-electron chi connectivity index (χ3n) is 4.31. The van der Waals surface area contributed by atoms with Crippen molar-refractivity contribution in [3.63, 3.8) is 0 Å². The Bertz CT molecular complexity index is 936. The predicted molar refractivity (Wildman–Crippen MR) is 112 cm³/mol. The molecule has 7 heteroatoms. The van der Waals surface area contributed by atoms with E-state index in [1.165, 1.54) is 0 Å². The summed E-state index contributed by atoms with van der Waals surface area (Å²) in [7, 11) is 0. The summed E-state index contributed by atoms with van der Waals surface area (Å²) in [6.45, 7) is 4.60. The van der Waals surface area contributed by atoms with E-state index in [-0.39, 0.29) is 12.6 Å². The van der Waals surface area contributed by atoms with Crippen molar-refractivity contribution in [3.8, 4) is 22.7 Å². The largest absolute Gasteiger partial charge is 0.491 e. The number of carboxylic acids is 1. The second-order valence-electron chi connectivity index (χ2n) is 7.05. The molecule has 3 aromatic rings. The van der Waals surface area contributed by atoms with E-state index in [1.54, 1.807) is 0 Å². The van der Waals surface area contributed by atoms with Gasteiger partial charge in [-0.15, -0.1) is 0 Å². The predicted octanol–water partition coefficient (Wildman–Crippen LogP) is 2.83. The van der Waals surface area contributed by atoms with Crippen molar-refractivity contribution < 1.29 is 14.6 Å². The van der Waals surface area contributed by atoms with Gasteiger partial charge in [-0.1, -0.05) is 18.2 Å². The molecule has 0 bridgehead atoms. The minimum absolute atomic E-state index is 0.108. The van der Waals surface area contributed by atoms with E-state index in [1.807, 2.05) is 79.3 Å². The number of benzene rings is 2. The molecule has 0 saturated carbocycles. The Hall–Kier alpha value is -3.16. The number of rotatable bonds is 9. The van der Waals surface area contributed by atoms with Crippen molar-refractivity contribution in [1.29, 1.82) is 0 Å². The van der Waals surface area contributed by atoms with Crippen LogP contribution in [-0.4, -0.2) is 39.5 Å². The lowest BCUT2D eigenvalue weighted by Crippen LogP contribution is -2.40. The zero-order valence-corrected chi connectivity index (χ0v) is 16.6. The molecule has 1 aromatic heterocycles. The van der Waals surface area contributed by atoms with Crippen molar-refractivity contribution in [2.45, 2.75) is 32.5 Å². The number of ether oxygens (including phenoxy) is 1. The first-order chi connectivity index (χ1) is 13.9. The Labute approximate surface area is 170 Å². The second-order valence-corrected chi connectivity index (χ2v) is 7.05. The third-order valence-corrected chi connectivity index (χ3v) is 4.31. The highest BCUT2D eigenvalue weighted by Crippen LogP contribution is 2.26. The van der Waals surface area contributed by atoms with E-state index < -0.39 is 12.0 Å². The Morgan fingerprint density at radius 1 is 1.17 bits per heavy atom. The highest BCUT2D eigenvalue weighted by Gasteiger charge is 2.15. The van der Waals surface area contributed by atoms with Gasteiger partial charge in [-0.3, -0.25) is 4.79 Å². The number of carbonyl (C=O) groups is 1. The van der Waals surface area contributed by atoms with E-state index >= 15 is 0 Å². The molecule has 0 amide bonds. The van der Waals surface area contributed by atoms with Crippen molar-refractivity contribution in [1.82, 2.24) is 15.1 Å². The molecule has 1 atom stereocenters. The van der Waals surface area contributed by atoms with Gasteiger partial charge in [0.05, 0.1) is 17.5 Å². The Kier molecular flexibility index (Phi) is 6.64. The summed E-state index contributed by atoms with van der Waals surface area (Å²) in [5.74, 6) is -0.225. The molecule has 0 spiro atoms. The highest BCUT2D eigenvalue weighted by molar-refractivity contribution is 5.73. The first-order valence-corrected chi connectivity index (χ1v) is 9.54. The monoisotopic (exact) mass is 394 g/mol. The molecule has 0 aliphatic rings. The maximum Gasteiger partial charge on any atom is 0.321 e. The van der Waals surface area contributed by atoms with Crippen LogP contribution >= 0.6 is 0 Å². The Morgan fingerprint density at radius 3 is 2.48 bits per heavy atom. The van der Waals surface area contributed by atoms with Crippen LogP contribution in [0.4, 0.5) is 0 Å². The summed E-state index contributed by atoms with van der Waals surface area (Å²) in [6, 6.07) is 16.7. The van der Waals surface area contributed by atoms with Crippen LogP contribution in [0.25, 0.3) is 16.9 Å². The summed E-state index contributed by atoms with van der Waals surface area (Å²) in [6.07, 6.45) is 2.05.